The summed E-state index contributed by atoms with van der Waals surface area (Å²) in [6, 6.07) is 1.47. The van der Waals surface area contributed by atoms with Crippen LogP contribution in [0.2, 0.25) is 0 Å². The topological polar surface area (TPSA) is 15.3 Å². The molecule has 0 aliphatic heterocycles. The third kappa shape index (κ3) is 4.26. The number of hydrogen-bond donors (Lipinski definition) is 1. The Morgan fingerprint density at radius 2 is 1.71 bits per heavy atom. The van der Waals surface area contributed by atoms with Crippen molar-refractivity contribution in [1.29, 1.82) is 0 Å². The van der Waals surface area contributed by atoms with Crippen LogP contribution in [0.15, 0.2) is 0 Å². The quantitative estimate of drug-likeness (QED) is 0.810. The van der Waals surface area contributed by atoms with Crippen LogP contribution in [0.25, 0.3) is 0 Å². The zero-order chi connectivity index (χ0) is 12.5. The zero-order valence-electron chi connectivity index (χ0n) is 12.1. The molecular formula is C15H30N2. The van der Waals surface area contributed by atoms with E-state index in [0.29, 0.717) is 6.04 Å². The number of rotatable bonds is 4. The Hall–Kier alpha value is -0.0800. The van der Waals surface area contributed by atoms with Crippen molar-refractivity contribution in [3.05, 3.63) is 0 Å². The highest BCUT2D eigenvalue weighted by Gasteiger charge is 2.33. The monoisotopic (exact) mass is 238 g/mol. The molecule has 0 aromatic rings. The van der Waals surface area contributed by atoms with E-state index in [2.05, 4.69) is 38.0 Å². The molecule has 1 N–H and O–H groups in total. The summed E-state index contributed by atoms with van der Waals surface area (Å²) in [7, 11) is 2.34. The molecule has 0 amide bonds. The summed E-state index contributed by atoms with van der Waals surface area (Å²) in [6.07, 6.45) is 8.50. The van der Waals surface area contributed by atoms with Gasteiger partial charge in [0.1, 0.15) is 0 Å². The van der Waals surface area contributed by atoms with E-state index in [1.54, 1.807) is 0 Å². The molecule has 2 aliphatic carbocycles. The van der Waals surface area contributed by atoms with Crippen molar-refractivity contribution in [2.45, 2.75) is 76.9 Å². The van der Waals surface area contributed by atoms with Gasteiger partial charge >= 0.3 is 0 Å². The summed E-state index contributed by atoms with van der Waals surface area (Å²) in [4.78, 5) is 2.64. The lowest BCUT2D eigenvalue weighted by atomic mass is 9.87. The first-order valence-electron chi connectivity index (χ1n) is 7.43. The first-order valence-corrected chi connectivity index (χ1v) is 7.43. The summed E-state index contributed by atoms with van der Waals surface area (Å²) >= 11 is 0. The highest BCUT2D eigenvalue weighted by molar-refractivity contribution is 4.92. The van der Waals surface area contributed by atoms with E-state index in [1.165, 1.54) is 45.1 Å². The molecule has 0 aromatic carbocycles. The lowest BCUT2D eigenvalue weighted by Gasteiger charge is -2.41. The fourth-order valence-electron chi connectivity index (χ4n) is 3.21. The van der Waals surface area contributed by atoms with Gasteiger partial charge in [0, 0.05) is 24.2 Å². The van der Waals surface area contributed by atoms with Crippen molar-refractivity contribution in [2.24, 2.45) is 5.92 Å². The number of likely N-dealkylation sites (N-methyl/N-ethyl adjacent to an activating group) is 1. The fraction of sp³-hybridized carbons (Fsp3) is 1.00. The van der Waals surface area contributed by atoms with E-state index >= 15 is 0 Å². The van der Waals surface area contributed by atoms with Crippen molar-refractivity contribution in [3.8, 4) is 0 Å². The van der Waals surface area contributed by atoms with Gasteiger partial charge in [-0.1, -0.05) is 12.8 Å². The predicted molar refractivity (Wildman–Crippen MR) is 74.3 cm³/mol. The molecule has 2 rings (SSSR count). The molecule has 0 radical (unpaired) electrons. The van der Waals surface area contributed by atoms with Crippen LogP contribution in [-0.2, 0) is 0 Å². The minimum absolute atomic E-state index is 0.251. The predicted octanol–water partition coefficient (Wildman–Crippen LogP) is 3.03. The molecular weight excluding hydrogens is 208 g/mol. The second-order valence-electron chi connectivity index (χ2n) is 7.24. The van der Waals surface area contributed by atoms with Crippen LogP contribution < -0.4 is 5.32 Å². The van der Waals surface area contributed by atoms with Gasteiger partial charge in [-0.3, -0.25) is 0 Å². The largest absolute Gasteiger partial charge is 0.308 e. The fourth-order valence-corrected chi connectivity index (χ4v) is 3.21. The van der Waals surface area contributed by atoms with E-state index in [1.807, 2.05) is 0 Å². The lowest BCUT2D eigenvalue weighted by molar-refractivity contribution is 0.128. The molecule has 0 aromatic heterocycles. The van der Waals surface area contributed by atoms with Crippen LogP contribution in [0.4, 0.5) is 0 Å². The smallest absolute Gasteiger partial charge is 0.0246 e. The Balaban J connectivity index is 1.90. The standard InChI is InChI=1S/C15H30N2/c1-15(2,3)16-13-7-5-6-8-14(13)17(4)11-12-9-10-12/h12-14,16H,5-11H2,1-4H3/t13-,14-/m0/s1. The van der Waals surface area contributed by atoms with E-state index in [-0.39, 0.29) is 5.54 Å². The average molecular weight is 238 g/mol. The molecule has 17 heavy (non-hydrogen) atoms. The molecule has 100 valence electrons. The van der Waals surface area contributed by atoms with Gasteiger partial charge in [0.25, 0.3) is 0 Å². The van der Waals surface area contributed by atoms with E-state index in [9.17, 15) is 0 Å². The number of nitrogens with zero attached hydrogens (tertiary/aromatic N) is 1. The molecule has 0 heterocycles. The van der Waals surface area contributed by atoms with Crippen LogP contribution in [-0.4, -0.2) is 36.1 Å². The van der Waals surface area contributed by atoms with E-state index in [4.69, 9.17) is 0 Å². The van der Waals surface area contributed by atoms with Gasteiger partial charge in [-0.15, -0.1) is 0 Å². The van der Waals surface area contributed by atoms with Gasteiger partial charge in [-0.05, 0) is 59.4 Å². The first-order chi connectivity index (χ1) is 7.96. The minimum atomic E-state index is 0.251. The van der Waals surface area contributed by atoms with Crippen molar-refractivity contribution >= 4 is 0 Å². The minimum Gasteiger partial charge on any atom is -0.308 e. The summed E-state index contributed by atoms with van der Waals surface area (Å²) in [5.41, 5.74) is 0.251. The van der Waals surface area contributed by atoms with Crippen LogP contribution >= 0.6 is 0 Å². The molecule has 2 heteroatoms. The number of hydrogen-bond acceptors (Lipinski definition) is 2. The van der Waals surface area contributed by atoms with E-state index in [0.717, 1.165) is 12.0 Å². The second kappa shape index (κ2) is 5.27. The lowest BCUT2D eigenvalue weighted by Crippen LogP contribution is -2.55. The Bertz CT molecular complexity index is 240. The van der Waals surface area contributed by atoms with Crippen molar-refractivity contribution in [1.82, 2.24) is 10.2 Å². The molecule has 2 nitrogen and oxygen atoms in total. The third-order valence-corrected chi connectivity index (χ3v) is 4.16. The highest BCUT2D eigenvalue weighted by atomic mass is 15.2. The molecule has 2 fully saturated rings. The van der Waals surface area contributed by atoms with Crippen molar-refractivity contribution < 1.29 is 0 Å². The van der Waals surface area contributed by atoms with Gasteiger partial charge in [-0.2, -0.15) is 0 Å². The van der Waals surface area contributed by atoms with Gasteiger partial charge in [0.2, 0.25) is 0 Å². The molecule has 2 aliphatic rings. The molecule has 2 saturated carbocycles. The van der Waals surface area contributed by atoms with Gasteiger partial charge < -0.3 is 10.2 Å². The highest BCUT2D eigenvalue weighted by Crippen LogP contribution is 2.32. The van der Waals surface area contributed by atoms with Gasteiger partial charge in [-0.25, -0.2) is 0 Å². The van der Waals surface area contributed by atoms with Crippen LogP contribution in [0, 0.1) is 5.92 Å². The summed E-state index contributed by atoms with van der Waals surface area (Å²) < 4.78 is 0. The molecule has 0 bridgehead atoms. The maximum Gasteiger partial charge on any atom is 0.0246 e. The van der Waals surface area contributed by atoms with Crippen molar-refractivity contribution in [2.75, 3.05) is 13.6 Å². The van der Waals surface area contributed by atoms with E-state index < -0.39 is 0 Å². The Morgan fingerprint density at radius 3 is 2.29 bits per heavy atom. The maximum absolute atomic E-state index is 3.84. The second-order valence-corrected chi connectivity index (χ2v) is 7.24. The molecule has 0 saturated heterocycles. The van der Waals surface area contributed by atoms with Crippen molar-refractivity contribution in [3.63, 3.8) is 0 Å². The molecule has 2 atom stereocenters. The molecule has 0 unspecified atom stereocenters. The van der Waals surface area contributed by atoms with Crippen LogP contribution in [0.1, 0.15) is 59.3 Å². The summed E-state index contributed by atoms with van der Waals surface area (Å²) in [5, 5.41) is 3.84. The van der Waals surface area contributed by atoms with Crippen LogP contribution in [0.3, 0.4) is 0 Å². The molecule has 0 spiro atoms. The number of nitrogens with one attached hydrogen (secondary N) is 1. The maximum atomic E-state index is 3.84. The summed E-state index contributed by atoms with van der Waals surface area (Å²) in [6.45, 7) is 8.20. The zero-order valence-corrected chi connectivity index (χ0v) is 12.1. The SMILES string of the molecule is CN(CC1CC1)[C@H]1CCCC[C@@H]1NC(C)(C)C. The van der Waals surface area contributed by atoms with Crippen LogP contribution in [0.5, 0.6) is 0 Å². The Kier molecular flexibility index (Phi) is 4.14. The Morgan fingerprint density at radius 1 is 1.06 bits per heavy atom. The third-order valence-electron chi connectivity index (χ3n) is 4.16. The first kappa shape index (κ1) is 13.4. The summed E-state index contributed by atoms with van der Waals surface area (Å²) in [5.74, 6) is 1.01. The Labute approximate surface area is 107 Å². The average Bonchev–Trinajstić information content (AvgIpc) is 3.00. The van der Waals surface area contributed by atoms with Gasteiger partial charge in [0.15, 0.2) is 0 Å². The van der Waals surface area contributed by atoms with Gasteiger partial charge in [0.05, 0.1) is 0 Å². The normalized spacial score (nSPS) is 30.9.